The van der Waals surface area contributed by atoms with Gasteiger partial charge in [-0.1, -0.05) is 76.6 Å². The Labute approximate surface area is 237 Å². The van der Waals surface area contributed by atoms with Crippen LogP contribution >= 0.6 is 0 Å². The molecule has 0 bridgehead atoms. The van der Waals surface area contributed by atoms with Gasteiger partial charge in [0.15, 0.2) is 0 Å². The first-order chi connectivity index (χ1) is 18.8. The lowest BCUT2D eigenvalue weighted by molar-refractivity contribution is -0.180. The van der Waals surface area contributed by atoms with E-state index in [1.807, 2.05) is 0 Å². The van der Waals surface area contributed by atoms with Crippen LogP contribution in [0.2, 0.25) is 19.1 Å². The number of benzene rings is 1. The zero-order valence-corrected chi connectivity index (χ0v) is 25.5. The number of nitrogens with two attached hydrogens (primary N) is 1. The molecule has 0 saturated heterocycles. The fourth-order valence-corrected chi connectivity index (χ4v) is 9.52. The smallest absolute Gasteiger partial charge is 0.355 e. The molecule has 1 aromatic rings. The second-order valence-electron chi connectivity index (χ2n) is 13.1. The first-order valence-corrected chi connectivity index (χ1v) is 17.5. The van der Waals surface area contributed by atoms with Gasteiger partial charge in [-0.2, -0.15) is 0 Å². The highest BCUT2D eigenvalue weighted by Crippen LogP contribution is 2.46. The van der Waals surface area contributed by atoms with Crippen LogP contribution in [0.5, 0.6) is 0 Å². The Morgan fingerprint density at radius 3 is 2.67 bits per heavy atom. The van der Waals surface area contributed by atoms with Gasteiger partial charge >= 0.3 is 11.9 Å². The van der Waals surface area contributed by atoms with Gasteiger partial charge in [0.2, 0.25) is 11.4 Å². The minimum absolute atomic E-state index is 0.0194. The van der Waals surface area contributed by atoms with Crippen LogP contribution in [-0.2, 0) is 30.4 Å². The third-order valence-electron chi connectivity index (χ3n) is 8.68. The summed E-state index contributed by atoms with van der Waals surface area (Å²) >= 11 is 0. The number of nitrogens with one attached hydrogen (secondary N) is 1. The normalized spacial score (nSPS) is 22.2. The number of allylic oxidation sites excluding steroid dienone is 2. The van der Waals surface area contributed by atoms with Gasteiger partial charge in [-0.05, 0) is 29.0 Å². The van der Waals surface area contributed by atoms with Crippen LogP contribution in [0.3, 0.4) is 0 Å². The molecule has 9 heteroatoms. The van der Waals surface area contributed by atoms with Crippen LogP contribution < -0.4 is 16.2 Å². The van der Waals surface area contributed by atoms with E-state index in [-0.39, 0.29) is 37.2 Å². The molecule has 0 aromatic heterocycles. The molecule has 3 heterocycles. The van der Waals surface area contributed by atoms with E-state index in [1.54, 1.807) is 6.92 Å². The molecule has 214 valence electrons. The number of fused-ring (bicyclic) bond motifs is 3. The summed E-state index contributed by atoms with van der Waals surface area (Å²) in [6.07, 6.45) is 3.75. The van der Waals surface area contributed by atoms with E-state index in [0.29, 0.717) is 29.8 Å². The van der Waals surface area contributed by atoms with E-state index in [9.17, 15) is 14.4 Å². The van der Waals surface area contributed by atoms with Crippen molar-refractivity contribution in [2.45, 2.75) is 84.7 Å². The Balaban J connectivity index is 1.48. The van der Waals surface area contributed by atoms with Gasteiger partial charge in [0.25, 0.3) is 0 Å². The number of hydrogen-bond acceptors (Lipinski definition) is 8. The zero-order chi connectivity index (χ0) is 29.0. The molecule has 1 unspecified atom stereocenters. The maximum atomic E-state index is 14.1. The predicted molar refractivity (Wildman–Crippen MR) is 157 cm³/mol. The van der Waals surface area contributed by atoms with E-state index in [4.69, 9.17) is 15.2 Å². The molecule has 1 atom stereocenters. The highest BCUT2D eigenvalue weighted by molar-refractivity contribution is 6.90. The predicted octanol–water partition coefficient (Wildman–Crippen LogP) is 3.83. The van der Waals surface area contributed by atoms with E-state index >= 15 is 0 Å². The maximum absolute atomic E-state index is 14.1. The van der Waals surface area contributed by atoms with Gasteiger partial charge < -0.3 is 25.4 Å². The summed E-state index contributed by atoms with van der Waals surface area (Å²) in [5.41, 5.74) is 8.91. The van der Waals surface area contributed by atoms with E-state index in [0.717, 1.165) is 11.5 Å². The van der Waals surface area contributed by atoms with Crippen molar-refractivity contribution in [3.05, 3.63) is 57.7 Å². The van der Waals surface area contributed by atoms with Crippen LogP contribution in [0.25, 0.3) is 6.08 Å². The van der Waals surface area contributed by atoms with Crippen molar-refractivity contribution in [3.63, 3.8) is 0 Å². The van der Waals surface area contributed by atoms with Crippen molar-refractivity contribution in [1.82, 2.24) is 10.2 Å². The Bertz CT molecular complexity index is 1380. The first-order valence-electron chi connectivity index (χ1n) is 14.3. The average molecular weight is 564 g/mol. The quantitative estimate of drug-likeness (QED) is 0.380. The fraction of sp³-hybridized carbons (Fsp3) is 0.516. The highest BCUT2D eigenvalue weighted by atomic mass is 28.3. The monoisotopic (exact) mass is 563 g/mol. The zero-order valence-electron chi connectivity index (χ0n) is 24.5. The summed E-state index contributed by atoms with van der Waals surface area (Å²) in [5, 5.41) is 4.90. The summed E-state index contributed by atoms with van der Waals surface area (Å²) in [6.45, 7) is 14.1. The van der Waals surface area contributed by atoms with Crippen LogP contribution in [0.1, 0.15) is 64.5 Å². The van der Waals surface area contributed by atoms with Gasteiger partial charge in [-0.25, -0.2) is 4.79 Å². The lowest BCUT2D eigenvalue weighted by Crippen LogP contribution is -2.51. The fourth-order valence-electron chi connectivity index (χ4n) is 6.28. The van der Waals surface area contributed by atoms with Gasteiger partial charge in [0.05, 0.1) is 21.0 Å². The molecule has 0 spiro atoms. The molecule has 3 N–H and O–H groups in total. The van der Waals surface area contributed by atoms with Crippen molar-refractivity contribution >= 4 is 37.1 Å². The number of ketones is 1. The first kappa shape index (κ1) is 28.4. The summed E-state index contributed by atoms with van der Waals surface area (Å²) in [7, 11) is -1.76. The van der Waals surface area contributed by atoms with E-state index in [1.165, 1.54) is 28.8 Å². The van der Waals surface area contributed by atoms with Crippen molar-refractivity contribution < 1.29 is 23.9 Å². The lowest BCUT2D eigenvalue weighted by Gasteiger charge is -2.39. The van der Waals surface area contributed by atoms with Crippen molar-refractivity contribution in [2.75, 3.05) is 13.2 Å². The lowest BCUT2D eigenvalue weighted by atomic mass is 9.78. The summed E-state index contributed by atoms with van der Waals surface area (Å²) in [5.74, 6) is -0.544. The van der Waals surface area contributed by atoms with Gasteiger partial charge in [-0.15, -0.1) is 0 Å². The van der Waals surface area contributed by atoms with Crippen LogP contribution in [-0.4, -0.2) is 49.4 Å². The number of esters is 2. The Morgan fingerprint density at radius 1 is 1.25 bits per heavy atom. The molecule has 4 aliphatic rings. The minimum atomic E-state index is -1.76. The summed E-state index contributed by atoms with van der Waals surface area (Å²) in [4.78, 5) is 41.7. The molecule has 0 fully saturated rings. The Kier molecular flexibility index (Phi) is 7.11. The SMILES string of the molecule is CCC1(OC(=O)CCN)C(=O)OCC2=C1CC1=C(C2=O)N2Cc3c(cccc3[Si](C)(C)CCC(C)(C)C)C=C2N1. The second kappa shape index (κ2) is 10.0. The molecule has 3 aliphatic heterocycles. The van der Waals surface area contributed by atoms with Crippen LogP contribution in [0.4, 0.5) is 0 Å². The van der Waals surface area contributed by atoms with Crippen LogP contribution in [0, 0.1) is 5.41 Å². The Morgan fingerprint density at radius 2 is 2.00 bits per heavy atom. The molecule has 1 aliphatic carbocycles. The number of rotatable bonds is 7. The Hall–Kier alpha value is -3.17. The molecule has 8 nitrogen and oxygen atoms in total. The van der Waals surface area contributed by atoms with E-state index in [2.05, 4.69) is 68.4 Å². The largest absolute Gasteiger partial charge is 0.457 e. The minimum Gasteiger partial charge on any atom is -0.457 e. The molecule has 0 radical (unpaired) electrons. The number of hydrogen-bond donors (Lipinski definition) is 2. The van der Waals surface area contributed by atoms with Gasteiger partial charge in [0, 0.05) is 29.8 Å². The number of ether oxygens (including phenoxy) is 2. The van der Waals surface area contributed by atoms with Crippen molar-refractivity contribution in [3.8, 4) is 0 Å². The molecule has 5 rings (SSSR count). The number of cyclic esters (lactones) is 1. The number of carbonyl (C=O) groups is 3. The second-order valence-corrected chi connectivity index (χ2v) is 17.9. The third kappa shape index (κ3) is 4.73. The molecule has 0 saturated carbocycles. The molecule has 40 heavy (non-hydrogen) atoms. The third-order valence-corrected chi connectivity index (χ3v) is 12.1. The average Bonchev–Trinajstić information content (AvgIpc) is 3.25. The van der Waals surface area contributed by atoms with Crippen LogP contribution in [0.15, 0.2) is 46.6 Å². The standard InChI is InChI=1S/C31H41N3O5Si/c1-7-31(39-26(35)11-13-32)22-16-23-27(28(36)21(22)18-38-29(31)37)34-17-20-19(15-25(34)33-23)9-8-10-24(20)40(5,6)14-12-30(2,3)4/h8-10,15,33H,7,11-14,16-18,32H2,1-6H3. The topological polar surface area (TPSA) is 111 Å². The van der Waals surface area contributed by atoms with Gasteiger partial charge in [-0.3, -0.25) is 9.59 Å². The van der Waals surface area contributed by atoms with E-state index < -0.39 is 25.6 Å². The van der Waals surface area contributed by atoms with Crippen molar-refractivity contribution in [1.29, 1.82) is 0 Å². The number of carbonyl (C=O) groups excluding carboxylic acids is 3. The highest BCUT2D eigenvalue weighted by Gasteiger charge is 2.54. The molecular formula is C31H41N3O5Si. The van der Waals surface area contributed by atoms with Gasteiger partial charge in [0.1, 0.15) is 18.1 Å². The summed E-state index contributed by atoms with van der Waals surface area (Å²) in [6, 6.07) is 7.76. The molecular weight excluding hydrogens is 522 g/mol. The molecule has 1 aromatic carbocycles. The molecule has 0 amide bonds. The number of Topliss-reactive ketones (excluding diaryl/α,β-unsaturated/α-hetero) is 1. The maximum Gasteiger partial charge on any atom is 0.355 e. The number of nitrogens with zero attached hydrogens (tertiary/aromatic N) is 1. The summed E-state index contributed by atoms with van der Waals surface area (Å²) < 4.78 is 11.2. The van der Waals surface area contributed by atoms with Crippen molar-refractivity contribution in [2.24, 2.45) is 11.1 Å².